The molecule has 5 nitrogen and oxygen atoms in total. The molecule has 7 heteroatoms. The maximum atomic E-state index is 12.5. The van der Waals surface area contributed by atoms with E-state index in [2.05, 4.69) is 11.9 Å². The number of nitrogen functional groups attached to an aromatic ring is 1. The average Bonchev–Trinajstić information content (AvgIpc) is 2.81. The van der Waals surface area contributed by atoms with Crippen LogP contribution in [0.4, 0.5) is 0 Å². The summed E-state index contributed by atoms with van der Waals surface area (Å²) >= 11 is 2.79. The molecule has 2 aromatic rings. The Labute approximate surface area is 124 Å². The van der Waals surface area contributed by atoms with E-state index in [0.29, 0.717) is 16.5 Å². The van der Waals surface area contributed by atoms with E-state index < -0.39 is 0 Å². The molecule has 0 amide bonds. The molecule has 0 fully saturated rings. The van der Waals surface area contributed by atoms with E-state index in [1.165, 1.54) is 16.6 Å². The van der Waals surface area contributed by atoms with Gasteiger partial charge in [-0.1, -0.05) is 18.7 Å². The number of hydrogen-bond donors (Lipinski definition) is 1. The summed E-state index contributed by atoms with van der Waals surface area (Å²) in [6.07, 6.45) is 3.28. The Balaban J connectivity index is 2.25. The van der Waals surface area contributed by atoms with Gasteiger partial charge < -0.3 is 5.84 Å². The van der Waals surface area contributed by atoms with E-state index >= 15 is 0 Å². The summed E-state index contributed by atoms with van der Waals surface area (Å²) in [6, 6.07) is 2.02. The second kappa shape index (κ2) is 5.11. The van der Waals surface area contributed by atoms with E-state index in [-0.39, 0.29) is 11.3 Å². The molecule has 1 unspecified atom stereocenters. The third kappa shape index (κ3) is 2.00. The van der Waals surface area contributed by atoms with Crippen molar-refractivity contribution in [2.24, 2.45) is 0 Å². The summed E-state index contributed by atoms with van der Waals surface area (Å²) < 4.78 is 1.08. The summed E-state index contributed by atoms with van der Waals surface area (Å²) in [6.45, 7) is 2.16. The molecule has 104 valence electrons. The Kier molecular flexibility index (Phi) is 3.44. The van der Waals surface area contributed by atoms with Gasteiger partial charge in [0.1, 0.15) is 4.83 Å². The molecule has 0 saturated heterocycles. The van der Waals surface area contributed by atoms with Crippen molar-refractivity contribution in [3.05, 3.63) is 20.8 Å². The highest BCUT2D eigenvalue weighted by atomic mass is 32.2. The number of thioether (sulfide) groups is 1. The minimum absolute atomic E-state index is 0.193. The number of rotatable bonds is 2. The highest BCUT2D eigenvalue weighted by Crippen LogP contribution is 2.40. The molecule has 1 aliphatic carbocycles. The van der Waals surface area contributed by atoms with E-state index in [1.807, 2.05) is 6.07 Å². The largest absolute Gasteiger partial charge is 0.334 e. The summed E-state index contributed by atoms with van der Waals surface area (Å²) in [4.78, 5) is 19.0. The van der Waals surface area contributed by atoms with E-state index in [0.717, 1.165) is 34.3 Å². The number of nitriles is 1. The van der Waals surface area contributed by atoms with Gasteiger partial charge in [-0.05, 0) is 30.7 Å². The second-order valence-electron chi connectivity index (χ2n) is 4.93. The fourth-order valence-electron chi connectivity index (χ4n) is 2.73. The third-order valence-electron chi connectivity index (χ3n) is 3.64. The van der Waals surface area contributed by atoms with Crippen LogP contribution in [0.2, 0.25) is 0 Å². The fourth-order valence-corrected chi connectivity index (χ4v) is 4.68. The van der Waals surface area contributed by atoms with Crippen LogP contribution in [0.3, 0.4) is 0 Å². The van der Waals surface area contributed by atoms with Crippen LogP contribution in [0.1, 0.15) is 36.1 Å². The molecule has 0 saturated carbocycles. The molecule has 0 bridgehead atoms. The van der Waals surface area contributed by atoms with Crippen LogP contribution in [0.25, 0.3) is 10.2 Å². The summed E-state index contributed by atoms with van der Waals surface area (Å²) in [5.41, 5.74) is 0.950. The van der Waals surface area contributed by atoms with Gasteiger partial charge in [0.15, 0.2) is 5.16 Å². The monoisotopic (exact) mass is 306 g/mol. The number of nitrogens with zero attached hydrogens (tertiary/aromatic N) is 3. The van der Waals surface area contributed by atoms with Crippen molar-refractivity contribution in [3.8, 4) is 6.07 Å². The highest BCUT2D eigenvalue weighted by molar-refractivity contribution is 7.99. The summed E-state index contributed by atoms with van der Waals surface area (Å²) in [7, 11) is 0. The molecule has 0 spiro atoms. The SMILES string of the molecule is CC1CCCc2sc3nc(SCC#N)n(N)c(=O)c3c21. The number of hydrogen-bond acceptors (Lipinski definition) is 6. The standard InChI is InChI=1S/C13H14N4OS2/c1-7-3-2-4-8-9(7)10-11(20-8)16-13(19-6-5-14)17(15)12(10)18/h7H,2-4,6,15H2,1H3. The molecule has 20 heavy (non-hydrogen) atoms. The molecular formula is C13H14N4OS2. The van der Waals surface area contributed by atoms with Crippen LogP contribution in [-0.4, -0.2) is 15.4 Å². The maximum Gasteiger partial charge on any atom is 0.281 e. The van der Waals surface area contributed by atoms with Crippen molar-refractivity contribution < 1.29 is 0 Å². The first-order valence-corrected chi connectivity index (χ1v) is 8.26. The molecule has 2 N–H and O–H groups in total. The van der Waals surface area contributed by atoms with Gasteiger partial charge in [0.05, 0.1) is 17.2 Å². The number of fused-ring (bicyclic) bond motifs is 3. The number of thiophene rings is 1. The van der Waals surface area contributed by atoms with Crippen LogP contribution in [0.15, 0.2) is 9.95 Å². The van der Waals surface area contributed by atoms with Gasteiger partial charge in [-0.2, -0.15) is 5.26 Å². The van der Waals surface area contributed by atoms with Crippen molar-refractivity contribution in [1.29, 1.82) is 5.26 Å². The fraction of sp³-hybridized carbons (Fsp3) is 0.462. The zero-order valence-corrected chi connectivity index (χ0v) is 12.7. The van der Waals surface area contributed by atoms with Crippen LogP contribution in [-0.2, 0) is 6.42 Å². The van der Waals surface area contributed by atoms with Crippen LogP contribution >= 0.6 is 23.1 Å². The third-order valence-corrected chi connectivity index (χ3v) is 5.62. The van der Waals surface area contributed by atoms with E-state index in [1.54, 1.807) is 11.3 Å². The Morgan fingerprint density at radius 3 is 3.20 bits per heavy atom. The highest BCUT2D eigenvalue weighted by Gasteiger charge is 2.25. The van der Waals surface area contributed by atoms with Gasteiger partial charge >= 0.3 is 0 Å². The molecular weight excluding hydrogens is 292 g/mol. The van der Waals surface area contributed by atoms with Gasteiger partial charge in [0.2, 0.25) is 0 Å². The molecule has 1 atom stereocenters. The number of aryl methyl sites for hydroxylation is 1. The van der Waals surface area contributed by atoms with Crippen LogP contribution in [0, 0.1) is 11.3 Å². The zero-order valence-electron chi connectivity index (χ0n) is 11.0. The molecule has 3 rings (SSSR count). The smallest absolute Gasteiger partial charge is 0.281 e. The molecule has 0 radical (unpaired) electrons. The molecule has 2 aromatic heterocycles. The Bertz CT molecular complexity index is 771. The lowest BCUT2D eigenvalue weighted by Crippen LogP contribution is -2.30. The quantitative estimate of drug-likeness (QED) is 0.522. The summed E-state index contributed by atoms with van der Waals surface area (Å²) in [5, 5.41) is 9.74. The van der Waals surface area contributed by atoms with Gasteiger partial charge in [0.25, 0.3) is 5.56 Å². The summed E-state index contributed by atoms with van der Waals surface area (Å²) in [5.74, 6) is 6.46. The Morgan fingerprint density at radius 2 is 2.45 bits per heavy atom. The molecule has 1 aliphatic rings. The number of nitrogens with two attached hydrogens (primary N) is 1. The normalized spacial score (nSPS) is 17.9. The predicted octanol–water partition coefficient (Wildman–Crippen LogP) is 2.23. The topological polar surface area (TPSA) is 84.7 Å². The first kappa shape index (κ1) is 13.5. The van der Waals surface area contributed by atoms with Gasteiger partial charge in [-0.3, -0.25) is 4.79 Å². The van der Waals surface area contributed by atoms with Crippen molar-refractivity contribution in [2.75, 3.05) is 11.6 Å². The number of aromatic nitrogens is 2. The Morgan fingerprint density at radius 1 is 1.65 bits per heavy atom. The van der Waals surface area contributed by atoms with Crippen molar-refractivity contribution >= 4 is 33.3 Å². The lowest BCUT2D eigenvalue weighted by Gasteiger charge is -2.18. The first-order chi connectivity index (χ1) is 9.63. The lowest BCUT2D eigenvalue weighted by atomic mass is 9.88. The van der Waals surface area contributed by atoms with Gasteiger partial charge in [0, 0.05) is 4.88 Å². The minimum atomic E-state index is -0.193. The second-order valence-corrected chi connectivity index (χ2v) is 6.95. The average molecular weight is 306 g/mol. The predicted molar refractivity (Wildman–Crippen MR) is 81.7 cm³/mol. The van der Waals surface area contributed by atoms with Crippen molar-refractivity contribution in [1.82, 2.24) is 9.66 Å². The lowest BCUT2D eigenvalue weighted by molar-refractivity contribution is 0.601. The molecule has 2 heterocycles. The van der Waals surface area contributed by atoms with Crippen LogP contribution < -0.4 is 11.4 Å². The van der Waals surface area contributed by atoms with Crippen molar-refractivity contribution in [3.63, 3.8) is 0 Å². The maximum absolute atomic E-state index is 12.5. The molecule has 0 aliphatic heterocycles. The Hall–Kier alpha value is -1.52. The van der Waals surface area contributed by atoms with Crippen LogP contribution in [0.5, 0.6) is 0 Å². The van der Waals surface area contributed by atoms with Gasteiger partial charge in [-0.15, -0.1) is 11.3 Å². The molecule has 0 aromatic carbocycles. The van der Waals surface area contributed by atoms with Gasteiger partial charge in [-0.25, -0.2) is 9.66 Å². The first-order valence-electron chi connectivity index (χ1n) is 6.46. The van der Waals surface area contributed by atoms with E-state index in [9.17, 15) is 4.79 Å². The van der Waals surface area contributed by atoms with E-state index in [4.69, 9.17) is 11.1 Å². The zero-order chi connectivity index (χ0) is 14.3. The van der Waals surface area contributed by atoms with Crippen molar-refractivity contribution in [2.45, 2.75) is 37.3 Å². The minimum Gasteiger partial charge on any atom is -0.334 e.